The number of thiophene rings is 1. The van der Waals surface area contributed by atoms with Crippen LogP contribution in [-0.2, 0) is 9.53 Å². The summed E-state index contributed by atoms with van der Waals surface area (Å²) in [6.07, 6.45) is 0.677. The Kier molecular flexibility index (Phi) is 5.01. The highest BCUT2D eigenvalue weighted by Gasteiger charge is 2.34. The number of carbonyl (C=O) groups is 1. The first-order valence-corrected chi connectivity index (χ1v) is 9.66. The number of phenolic OH excluding ortho intramolecular Hbond substituents is 1. The maximum Gasteiger partial charge on any atom is 0.257 e. The second-order valence-electron chi connectivity index (χ2n) is 6.50. The molecule has 4 rings (SSSR count). The summed E-state index contributed by atoms with van der Waals surface area (Å²) in [6, 6.07) is 8.93. The lowest BCUT2D eigenvalue weighted by Crippen LogP contribution is -2.43. The average Bonchev–Trinajstić information content (AvgIpc) is 3.33. The Labute approximate surface area is 156 Å². The smallest absolute Gasteiger partial charge is 0.257 e. The van der Waals surface area contributed by atoms with Crippen LogP contribution in [0.2, 0.25) is 0 Å². The number of rotatable bonds is 4. The predicted octanol–water partition coefficient (Wildman–Crippen LogP) is 2.46. The van der Waals surface area contributed by atoms with Crippen molar-refractivity contribution in [1.82, 2.24) is 9.91 Å². The molecule has 2 aliphatic heterocycles. The van der Waals surface area contributed by atoms with Crippen LogP contribution >= 0.6 is 11.3 Å². The molecular formula is C19H21N3O3S. The quantitative estimate of drug-likeness (QED) is 0.897. The summed E-state index contributed by atoms with van der Waals surface area (Å²) in [5, 5.41) is 19.9. The number of ether oxygens (including phenoxy) is 1. The van der Waals surface area contributed by atoms with Crippen molar-refractivity contribution < 1.29 is 14.6 Å². The van der Waals surface area contributed by atoms with Crippen LogP contribution in [0.25, 0.3) is 0 Å². The van der Waals surface area contributed by atoms with Crippen LogP contribution in [0.15, 0.2) is 46.2 Å². The summed E-state index contributed by atoms with van der Waals surface area (Å²) in [5.41, 5.74) is 2.98. The van der Waals surface area contributed by atoms with Crippen LogP contribution in [0.5, 0.6) is 5.75 Å². The molecule has 2 aromatic rings. The van der Waals surface area contributed by atoms with E-state index >= 15 is 0 Å². The highest BCUT2D eigenvalue weighted by molar-refractivity contribution is 7.08. The lowest BCUT2D eigenvalue weighted by atomic mass is 9.99. The van der Waals surface area contributed by atoms with Gasteiger partial charge < -0.3 is 9.84 Å². The van der Waals surface area contributed by atoms with Gasteiger partial charge in [0.15, 0.2) is 0 Å². The first-order valence-electron chi connectivity index (χ1n) is 8.72. The zero-order chi connectivity index (χ0) is 17.9. The number of nitrogens with zero attached hydrogens (tertiary/aromatic N) is 3. The van der Waals surface area contributed by atoms with Gasteiger partial charge in [0.1, 0.15) is 5.75 Å². The Morgan fingerprint density at radius 2 is 2.00 bits per heavy atom. The molecule has 2 aliphatic rings. The van der Waals surface area contributed by atoms with Crippen LogP contribution in [0.3, 0.4) is 0 Å². The third-order valence-electron chi connectivity index (χ3n) is 4.76. The summed E-state index contributed by atoms with van der Waals surface area (Å²) >= 11 is 1.62. The van der Waals surface area contributed by atoms with E-state index in [9.17, 15) is 9.90 Å². The molecule has 0 radical (unpaired) electrons. The number of amides is 1. The van der Waals surface area contributed by atoms with E-state index in [2.05, 4.69) is 15.4 Å². The standard InChI is InChI=1S/C19H21N3O3S/c23-16-3-1-14(2-4-16)18-11-17(15-5-10-26-13-15)20-22(18)19(24)12-21-6-8-25-9-7-21/h1-5,10,13,18,23H,6-9,11-12H2/t18-/m1/s1. The first-order chi connectivity index (χ1) is 12.7. The molecule has 1 N–H and O–H groups in total. The van der Waals surface area contributed by atoms with E-state index in [1.54, 1.807) is 28.5 Å². The minimum atomic E-state index is -0.140. The maximum atomic E-state index is 13.0. The average molecular weight is 371 g/mol. The van der Waals surface area contributed by atoms with Crippen LogP contribution in [0.1, 0.15) is 23.6 Å². The van der Waals surface area contributed by atoms with Crippen molar-refractivity contribution in [3.63, 3.8) is 0 Å². The Morgan fingerprint density at radius 1 is 1.23 bits per heavy atom. The molecular weight excluding hydrogens is 350 g/mol. The van der Waals surface area contributed by atoms with E-state index in [4.69, 9.17) is 4.74 Å². The van der Waals surface area contributed by atoms with Crippen LogP contribution < -0.4 is 0 Å². The fourth-order valence-electron chi connectivity index (χ4n) is 3.32. The Balaban J connectivity index is 1.57. The number of carbonyl (C=O) groups excluding carboxylic acids is 1. The SMILES string of the molecule is O=C(CN1CCOCC1)N1N=C(c2ccsc2)C[C@@H]1c1ccc(O)cc1. The van der Waals surface area contributed by atoms with Gasteiger partial charge in [-0.3, -0.25) is 9.69 Å². The molecule has 0 unspecified atom stereocenters. The number of morpholine rings is 1. The highest BCUT2D eigenvalue weighted by atomic mass is 32.1. The molecule has 0 saturated carbocycles. The second kappa shape index (κ2) is 7.57. The molecule has 6 nitrogen and oxygen atoms in total. The van der Waals surface area contributed by atoms with E-state index in [0.29, 0.717) is 26.2 Å². The summed E-state index contributed by atoms with van der Waals surface area (Å²) in [5.74, 6) is 0.215. The minimum Gasteiger partial charge on any atom is -0.508 e. The summed E-state index contributed by atoms with van der Waals surface area (Å²) in [6.45, 7) is 3.21. The first kappa shape index (κ1) is 17.2. The second-order valence-corrected chi connectivity index (χ2v) is 7.28. The molecule has 1 saturated heterocycles. The van der Waals surface area contributed by atoms with Gasteiger partial charge in [-0.05, 0) is 34.5 Å². The van der Waals surface area contributed by atoms with Crippen LogP contribution in [0.4, 0.5) is 0 Å². The normalized spacial score (nSPS) is 21.0. The van der Waals surface area contributed by atoms with Gasteiger partial charge in [-0.1, -0.05) is 12.1 Å². The minimum absolute atomic E-state index is 0.00444. The van der Waals surface area contributed by atoms with E-state index in [0.717, 1.165) is 29.9 Å². The van der Waals surface area contributed by atoms with Gasteiger partial charge in [-0.15, -0.1) is 0 Å². The van der Waals surface area contributed by atoms with Gasteiger partial charge in [0, 0.05) is 25.1 Å². The molecule has 26 heavy (non-hydrogen) atoms. The van der Waals surface area contributed by atoms with Gasteiger partial charge >= 0.3 is 0 Å². The maximum absolute atomic E-state index is 13.0. The van der Waals surface area contributed by atoms with Crippen molar-refractivity contribution in [2.45, 2.75) is 12.5 Å². The zero-order valence-corrected chi connectivity index (χ0v) is 15.2. The van der Waals surface area contributed by atoms with Crippen molar-refractivity contribution in [3.05, 3.63) is 52.2 Å². The number of hydrogen-bond acceptors (Lipinski definition) is 6. The van der Waals surface area contributed by atoms with Gasteiger partial charge in [-0.2, -0.15) is 16.4 Å². The Hall–Kier alpha value is -2.22. The lowest BCUT2D eigenvalue weighted by Gasteiger charge is -2.29. The highest BCUT2D eigenvalue weighted by Crippen LogP contribution is 2.34. The van der Waals surface area contributed by atoms with Crippen molar-refractivity contribution in [3.8, 4) is 5.75 Å². The molecule has 136 valence electrons. The summed E-state index contributed by atoms with van der Waals surface area (Å²) in [4.78, 5) is 15.1. The predicted molar refractivity (Wildman–Crippen MR) is 100 cm³/mol. The molecule has 1 amide bonds. The van der Waals surface area contributed by atoms with Crippen LogP contribution in [-0.4, -0.2) is 59.5 Å². The van der Waals surface area contributed by atoms with Crippen molar-refractivity contribution >= 4 is 23.0 Å². The van der Waals surface area contributed by atoms with E-state index in [-0.39, 0.29) is 17.7 Å². The lowest BCUT2D eigenvalue weighted by molar-refractivity contribution is -0.135. The number of hydrogen-bond donors (Lipinski definition) is 1. The van der Waals surface area contributed by atoms with Crippen molar-refractivity contribution in [2.75, 3.05) is 32.8 Å². The zero-order valence-electron chi connectivity index (χ0n) is 14.4. The molecule has 1 fully saturated rings. The van der Waals surface area contributed by atoms with Crippen molar-refractivity contribution in [2.24, 2.45) is 5.10 Å². The van der Waals surface area contributed by atoms with E-state index in [1.165, 1.54) is 0 Å². The van der Waals surface area contributed by atoms with Crippen molar-refractivity contribution in [1.29, 1.82) is 0 Å². The van der Waals surface area contributed by atoms with E-state index < -0.39 is 0 Å². The third-order valence-corrected chi connectivity index (χ3v) is 5.44. The van der Waals surface area contributed by atoms with E-state index in [1.807, 2.05) is 23.6 Å². The molecule has 1 aromatic carbocycles. The number of hydrazone groups is 1. The monoisotopic (exact) mass is 371 g/mol. The number of aromatic hydroxyl groups is 1. The fourth-order valence-corrected chi connectivity index (χ4v) is 3.99. The topological polar surface area (TPSA) is 65.4 Å². The largest absolute Gasteiger partial charge is 0.508 e. The molecule has 1 atom stereocenters. The van der Waals surface area contributed by atoms with Gasteiger partial charge in [0.05, 0.1) is 31.5 Å². The Bertz CT molecular complexity index is 783. The fraction of sp³-hybridized carbons (Fsp3) is 0.368. The van der Waals surface area contributed by atoms with Crippen LogP contribution in [0, 0.1) is 0 Å². The molecule has 0 bridgehead atoms. The number of phenols is 1. The molecule has 1 aromatic heterocycles. The number of benzene rings is 1. The molecule has 7 heteroatoms. The molecule has 0 aliphatic carbocycles. The third kappa shape index (κ3) is 3.65. The van der Waals surface area contributed by atoms with Gasteiger partial charge in [-0.25, -0.2) is 5.01 Å². The molecule has 0 spiro atoms. The molecule has 3 heterocycles. The Morgan fingerprint density at radius 3 is 2.69 bits per heavy atom. The van der Waals surface area contributed by atoms with Gasteiger partial charge in [0.25, 0.3) is 5.91 Å². The summed E-state index contributed by atoms with van der Waals surface area (Å²) in [7, 11) is 0. The summed E-state index contributed by atoms with van der Waals surface area (Å²) < 4.78 is 5.36. The van der Waals surface area contributed by atoms with Gasteiger partial charge in [0.2, 0.25) is 0 Å².